The molecule has 0 aliphatic heterocycles. The van der Waals surface area contributed by atoms with Gasteiger partial charge in [0.15, 0.2) is 0 Å². The molecule has 0 heterocycles. The molecule has 15 heavy (non-hydrogen) atoms. The molecule has 1 rings (SSSR count). The lowest BCUT2D eigenvalue weighted by molar-refractivity contribution is 0.428. The van der Waals surface area contributed by atoms with E-state index in [0.717, 1.165) is 5.56 Å². The SMILES string of the molecule is C#CC(C)(C)NC(C)c1cccc(O)c1. The molecule has 0 amide bonds. The van der Waals surface area contributed by atoms with Gasteiger partial charge in [0, 0.05) is 6.04 Å². The second-order valence-corrected chi connectivity index (χ2v) is 4.23. The number of phenols is 1. The van der Waals surface area contributed by atoms with Crippen LogP contribution in [0.15, 0.2) is 24.3 Å². The van der Waals surface area contributed by atoms with Gasteiger partial charge in [0.1, 0.15) is 5.75 Å². The van der Waals surface area contributed by atoms with Gasteiger partial charge in [0.25, 0.3) is 0 Å². The molecule has 0 aromatic heterocycles. The highest BCUT2D eigenvalue weighted by atomic mass is 16.3. The number of benzene rings is 1. The summed E-state index contributed by atoms with van der Waals surface area (Å²) < 4.78 is 0. The molecule has 0 aliphatic rings. The largest absolute Gasteiger partial charge is 0.508 e. The first kappa shape index (κ1) is 11.6. The number of terminal acetylenes is 1. The Balaban J connectivity index is 2.78. The normalized spacial score (nSPS) is 13.2. The third kappa shape index (κ3) is 3.30. The zero-order chi connectivity index (χ0) is 11.5. The number of aromatic hydroxyl groups is 1. The Labute approximate surface area is 91.3 Å². The Hall–Kier alpha value is -1.46. The van der Waals surface area contributed by atoms with Crippen molar-refractivity contribution < 1.29 is 5.11 Å². The van der Waals surface area contributed by atoms with Gasteiger partial charge in [-0.3, -0.25) is 5.32 Å². The Morgan fingerprint density at radius 2 is 2.13 bits per heavy atom. The number of nitrogens with one attached hydrogen (secondary N) is 1. The van der Waals surface area contributed by atoms with E-state index in [4.69, 9.17) is 6.42 Å². The number of hydrogen-bond acceptors (Lipinski definition) is 2. The lowest BCUT2D eigenvalue weighted by atomic mass is 10.0. The minimum Gasteiger partial charge on any atom is -0.508 e. The summed E-state index contributed by atoms with van der Waals surface area (Å²) in [5, 5.41) is 12.7. The first-order chi connectivity index (χ1) is 6.94. The van der Waals surface area contributed by atoms with Gasteiger partial charge in [0.2, 0.25) is 0 Å². The van der Waals surface area contributed by atoms with Gasteiger partial charge in [-0.1, -0.05) is 18.1 Å². The zero-order valence-corrected chi connectivity index (χ0v) is 9.41. The minimum atomic E-state index is -0.342. The first-order valence-corrected chi connectivity index (χ1v) is 4.99. The van der Waals surface area contributed by atoms with Crippen molar-refractivity contribution in [1.29, 1.82) is 0 Å². The van der Waals surface area contributed by atoms with Gasteiger partial charge in [-0.05, 0) is 38.5 Å². The fourth-order valence-electron chi connectivity index (χ4n) is 1.46. The fraction of sp³-hybridized carbons (Fsp3) is 0.385. The monoisotopic (exact) mass is 203 g/mol. The lowest BCUT2D eigenvalue weighted by Crippen LogP contribution is -2.39. The number of hydrogen-bond donors (Lipinski definition) is 2. The molecule has 1 aromatic rings. The van der Waals surface area contributed by atoms with Crippen LogP contribution in [0.3, 0.4) is 0 Å². The molecule has 0 radical (unpaired) electrons. The van der Waals surface area contributed by atoms with Crippen molar-refractivity contribution in [1.82, 2.24) is 5.32 Å². The molecule has 1 atom stereocenters. The van der Waals surface area contributed by atoms with E-state index in [2.05, 4.69) is 11.2 Å². The van der Waals surface area contributed by atoms with Crippen LogP contribution in [0.2, 0.25) is 0 Å². The quantitative estimate of drug-likeness (QED) is 0.740. The lowest BCUT2D eigenvalue weighted by Gasteiger charge is -2.25. The average molecular weight is 203 g/mol. The second-order valence-electron chi connectivity index (χ2n) is 4.23. The molecule has 1 unspecified atom stereocenters. The molecule has 2 N–H and O–H groups in total. The second kappa shape index (κ2) is 4.37. The highest BCUT2D eigenvalue weighted by molar-refractivity contribution is 5.29. The molecule has 0 spiro atoms. The average Bonchev–Trinajstić information content (AvgIpc) is 2.17. The van der Waals surface area contributed by atoms with Crippen LogP contribution in [-0.4, -0.2) is 10.6 Å². The van der Waals surface area contributed by atoms with Crippen molar-refractivity contribution in [3.63, 3.8) is 0 Å². The van der Waals surface area contributed by atoms with Crippen molar-refractivity contribution in [3.05, 3.63) is 29.8 Å². The van der Waals surface area contributed by atoms with Crippen molar-refractivity contribution in [2.75, 3.05) is 0 Å². The summed E-state index contributed by atoms with van der Waals surface area (Å²) in [5.74, 6) is 2.96. The maximum atomic E-state index is 9.35. The van der Waals surface area contributed by atoms with E-state index in [9.17, 15) is 5.11 Å². The predicted molar refractivity (Wildman–Crippen MR) is 62.6 cm³/mol. The zero-order valence-electron chi connectivity index (χ0n) is 9.41. The maximum absolute atomic E-state index is 9.35. The first-order valence-electron chi connectivity index (χ1n) is 4.99. The van der Waals surface area contributed by atoms with Crippen molar-refractivity contribution in [3.8, 4) is 18.1 Å². The predicted octanol–water partition coefficient (Wildman–Crippen LogP) is 2.45. The van der Waals surface area contributed by atoms with Crippen LogP contribution < -0.4 is 5.32 Å². The summed E-state index contributed by atoms with van der Waals surface area (Å²) in [6, 6.07) is 7.30. The van der Waals surface area contributed by atoms with E-state index < -0.39 is 0 Å². The molecule has 2 nitrogen and oxygen atoms in total. The molecule has 0 aliphatic carbocycles. The van der Waals surface area contributed by atoms with E-state index in [-0.39, 0.29) is 17.3 Å². The van der Waals surface area contributed by atoms with E-state index in [1.165, 1.54) is 0 Å². The molecule has 0 saturated carbocycles. The minimum absolute atomic E-state index is 0.114. The summed E-state index contributed by atoms with van der Waals surface area (Å²) in [6.45, 7) is 5.92. The maximum Gasteiger partial charge on any atom is 0.115 e. The van der Waals surface area contributed by atoms with Crippen molar-refractivity contribution in [2.45, 2.75) is 32.4 Å². The van der Waals surface area contributed by atoms with Gasteiger partial charge >= 0.3 is 0 Å². The van der Waals surface area contributed by atoms with Crippen LogP contribution in [0.1, 0.15) is 32.4 Å². The van der Waals surface area contributed by atoms with E-state index in [0.29, 0.717) is 0 Å². The van der Waals surface area contributed by atoms with E-state index in [1.54, 1.807) is 12.1 Å². The van der Waals surface area contributed by atoms with Crippen molar-refractivity contribution >= 4 is 0 Å². The third-order valence-electron chi connectivity index (χ3n) is 2.31. The van der Waals surface area contributed by atoms with E-state index >= 15 is 0 Å². The van der Waals surface area contributed by atoms with Crippen LogP contribution in [0.5, 0.6) is 5.75 Å². The molecule has 0 saturated heterocycles. The molecule has 0 fully saturated rings. The number of phenolic OH excluding ortho intramolecular Hbond substituents is 1. The highest BCUT2D eigenvalue weighted by Crippen LogP contribution is 2.19. The Morgan fingerprint density at radius 1 is 1.47 bits per heavy atom. The standard InChI is InChI=1S/C13H17NO/c1-5-13(3,4)14-10(2)11-7-6-8-12(15)9-11/h1,6-10,14-15H,2-4H3. The highest BCUT2D eigenvalue weighted by Gasteiger charge is 2.17. The van der Waals surface area contributed by atoms with Gasteiger partial charge < -0.3 is 5.11 Å². The Bertz CT molecular complexity index is 376. The van der Waals surface area contributed by atoms with Crippen LogP contribution in [0, 0.1) is 12.3 Å². The summed E-state index contributed by atoms with van der Waals surface area (Å²) in [5.41, 5.74) is 0.684. The molecular weight excluding hydrogens is 186 g/mol. The third-order valence-corrected chi connectivity index (χ3v) is 2.31. The van der Waals surface area contributed by atoms with Gasteiger partial charge in [-0.25, -0.2) is 0 Å². The smallest absolute Gasteiger partial charge is 0.115 e. The molecule has 80 valence electrons. The summed E-state index contributed by atoms with van der Waals surface area (Å²) >= 11 is 0. The van der Waals surface area contributed by atoms with Crippen LogP contribution in [0.4, 0.5) is 0 Å². The Kier molecular flexibility index (Phi) is 3.39. The van der Waals surface area contributed by atoms with Crippen LogP contribution >= 0.6 is 0 Å². The number of rotatable bonds is 3. The Morgan fingerprint density at radius 3 is 2.67 bits per heavy atom. The summed E-state index contributed by atoms with van der Waals surface area (Å²) in [6.07, 6.45) is 5.40. The van der Waals surface area contributed by atoms with Gasteiger partial charge in [0.05, 0.1) is 5.54 Å². The summed E-state index contributed by atoms with van der Waals surface area (Å²) in [7, 11) is 0. The molecule has 1 aromatic carbocycles. The van der Waals surface area contributed by atoms with E-state index in [1.807, 2.05) is 32.9 Å². The molecule has 2 heteroatoms. The fourth-order valence-corrected chi connectivity index (χ4v) is 1.46. The molecular formula is C13H17NO. The van der Waals surface area contributed by atoms with Crippen molar-refractivity contribution in [2.24, 2.45) is 0 Å². The van der Waals surface area contributed by atoms with Gasteiger partial charge in [-0.15, -0.1) is 6.42 Å². The van der Waals surface area contributed by atoms with Crippen LogP contribution in [-0.2, 0) is 0 Å². The molecule has 0 bridgehead atoms. The van der Waals surface area contributed by atoms with Gasteiger partial charge in [-0.2, -0.15) is 0 Å². The van der Waals surface area contributed by atoms with Crippen LogP contribution in [0.25, 0.3) is 0 Å². The topological polar surface area (TPSA) is 32.3 Å². The summed E-state index contributed by atoms with van der Waals surface area (Å²) in [4.78, 5) is 0.